The van der Waals surface area contributed by atoms with Crippen molar-refractivity contribution in [2.24, 2.45) is 50.7 Å². The number of fused-ring (bicyclic) bond motifs is 4. The van der Waals surface area contributed by atoms with Crippen molar-refractivity contribution >= 4 is 5.91 Å². The Morgan fingerprint density at radius 1 is 1.02 bits per heavy atom. The molecule has 2 heterocycles. The average Bonchev–Trinajstić information content (AvgIpc) is 3.62. The van der Waals surface area contributed by atoms with Crippen molar-refractivity contribution in [3.8, 4) is 0 Å². The summed E-state index contributed by atoms with van der Waals surface area (Å²) in [6.45, 7) is 19.3. The minimum absolute atomic E-state index is 0.0441. The number of hydrogen-bond donors (Lipinski definition) is 3. The number of carbonyl (C=O) groups excluding carboxylic acids is 1. The van der Waals surface area contributed by atoms with Gasteiger partial charge in [0.1, 0.15) is 6.10 Å². The molecule has 7 rings (SSSR count). The van der Waals surface area contributed by atoms with Gasteiger partial charge in [0, 0.05) is 17.9 Å². The molecule has 0 aromatic heterocycles. The average molecular weight is 688 g/mol. The van der Waals surface area contributed by atoms with E-state index in [0.29, 0.717) is 37.9 Å². The van der Waals surface area contributed by atoms with Crippen molar-refractivity contribution in [2.75, 3.05) is 19.7 Å². The first-order chi connectivity index (χ1) is 22.9. The SMILES string of the molecule is CCC1C(C)(C)C(OC2CN(C(=O)C3CCCCC3)CCO2)CCC12CC21CCC2(C)C3C(C)CC(C(O)C(C)(C)O)OC3C(O)C2(C)C1. The van der Waals surface area contributed by atoms with E-state index in [4.69, 9.17) is 14.2 Å². The number of ether oxygens (including phenoxy) is 3. The second kappa shape index (κ2) is 12.4. The first kappa shape index (κ1) is 36.6. The number of amides is 1. The van der Waals surface area contributed by atoms with E-state index >= 15 is 0 Å². The van der Waals surface area contributed by atoms with Gasteiger partial charge in [-0.2, -0.15) is 0 Å². The van der Waals surface area contributed by atoms with E-state index in [1.807, 2.05) is 4.90 Å². The Morgan fingerprint density at radius 3 is 2.41 bits per heavy atom. The van der Waals surface area contributed by atoms with Crippen LogP contribution in [0, 0.1) is 50.7 Å². The van der Waals surface area contributed by atoms with Crippen LogP contribution >= 0.6 is 0 Å². The summed E-state index contributed by atoms with van der Waals surface area (Å²) in [5.41, 5.74) is -1.19. The lowest BCUT2D eigenvalue weighted by molar-refractivity contribution is -0.241. The van der Waals surface area contributed by atoms with Gasteiger partial charge in [0.2, 0.25) is 5.91 Å². The molecule has 0 bridgehead atoms. The van der Waals surface area contributed by atoms with E-state index in [1.54, 1.807) is 13.8 Å². The second-order valence-electron chi connectivity index (χ2n) is 19.9. The van der Waals surface area contributed by atoms with E-state index in [-0.39, 0.29) is 63.3 Å². The highest BCUT2D eigenvalue weighted by Gasteiger charge is 2.79. The van der Waals surface area contributed by atoms with Gasteiger partial charge in [-0.3, -0.25) is 4.79 Å². The Labute approximate surface area is 296 Å². The summed E-state index contributed by atoms with van der Waals surface area (Å²) < 4.78 is 19.7. The molecular weight excluding hydrogens is 618 g/mol. The van der Waals surface area contributed by atoms with Gasteiger partial charge in [-0.25, -0.2) is 0 Å². The summed E-state index contributed by atoms with van der Waals surface area (Å²) in [6, 6.07) is 0. The molecule has 13 unspecified atom stereocenters. The maximum absolute atomic E-state index is 13.4. The minimum Gasteiger partial charge on any atom is -0.390 e. The van der Waals surface area contributed by atoms with Crippen LogP contribution in [-0.2, 0) is 19.0 Å². The van der Waals surface area contributed by atoms with Crippen molar-refractivity contribution < 1.29 is 34.3 Å². The third-order valence-corrected chi connectivity index (χ3v) is 16.7. The highest BCUT2D eigenvalue weighted by molar-refractivity contribution is 5.79. The van der Waals surface area contributed by atoms with Gasteiger partial charge in [-0.05, 0) is 111 Å². The molecule has 7 fully saturated rings. The zero-order valence-electron chi connectivity index (χ0n) is 32.0. The van der Waals surface area contributed by atoms with E-state index in [9.17, 15) is 20.1 Å². The number of aliphatic hydroxyl groups excluding tert-OH is 2. The fourth-order valence-corrected chi connectivity index (χ4v) is 13.9. The van der Waals surface area contributed by atoms with Crippen LogP contribution in [0.1, 0.15) is 139 Å². The fraction of sp³-hybridized carbons (Fsp3) is 0.976. The number of rotatable bonds is 6. The van der Waals surface area contributed by atoms with Crippen LogP contribution in [0.3, 0.4) is 0 Å². The van der Waals surface area contributed by atoms with Crippen LogP contribution in [0.15, 0.2) is 0 Å². The second-order valence-corrected chi connectivity index (χ2v) is 19.9. The van der Waals surface area contributed by atoms with Crippen LogP contribution in [-0.4, -0.2) is 88.2 Å². The maximum Gasteiger partial charge on any atom is 0.225 e. The summed E-state index contributed by atoms with van der Waals surface area (Å²) in [5.74, 6) is 1.49. The zero-order valence-corrected chi connectivity index (χ0v) is 32.0. The number of hydrogen-bond acceptors (Lipinski definition) is 7. The molecule has 49 heavy (non-hydrogen) atoms. The fourth-order valence-electron chi connectivity index (χ4n) is 13.9. The monoisotopic (exact) mass is 688 g/mol. The third kappa shape index (κ3) is 5.53. The number of nitrogens with zero attached hydrogens (tertiary/aromatic N) is 1. The molecule has 1 amide bonds. The molecule has 2 aliphatic heterocycles. The molecule has 2 spiro atoms. The smallest absolute Gasteiger partial charge is 0.225 e. The first-order valence-electron chi connectivity index (χ1n) is 20.2. The Morgan fingerprint density at radius 2 is 1.73 bits per heavy atom. The predicted molar refractivity (Wildman–Crippen MR) is 188 cm³/mol. The normalized spacial score (nSPS) is 49.1. The van der Waals surface area contributed by atoms with Crippen molar-refractivity contribution in [1.82, 2.24) is 4.90 Å². The van der Waals surface area contributed by atoms with Crippen molar-refractivity contribution in [3.63, 3.8) is 0 Å². The molecule has 0 aromatic carbocycles. The molecule has 280 valence electrons. The Kier molecular flexibility index (Phi) is 9.26. The highest BCUT2D eigenvalue weighted by Crippen LogP contribution is 2.85. The summed E-state index contributed by atoms with van der Waals surface area (Å²) in [4.78, 5) is 15.4. The van der Waals surface area contributed by atoms with Crippen molar-refractivity contribution in [3.05, 3.63) is 0 Å². The Balaban J connectivity index is 1.06. The van der Waals surface area contributed by atoms with Gasteiger partial charge in [-0.1, -0.05) is 67.2 Å². The van der Waals surface area contributed by atoms with Gasteiger partial charge in [0.25, 0.3) is 0 Å². The van der Waals surface area contributed by atoms with Crippen LogP contribution in [0.2, 0.25) is 0 Å². The van der Waals surface area contributed by atoms with Gasteiger partial charge < -0.3 is 34.4 Å². The Bertz CT molecular complexity index is 1240. The minimum atomic E-state index is -1.26. The summed E-state index contributed by atoms with van der Waals surface area (Å²) >= 11 is 0. The van der Waals surface area contributed by atoms with Crippen molar-refractivity contribution in [2.45, 2.75) is 181 Å². The van der Waals surface area contributed by atoms with Crippen LogP contribution < -0.4 is 0 Å². The maximum atomic E-state index is 13.4. The topological polar surface area (TPSA) is 109 Å². The van der Waals surface area contributed by atoms with E-state index < -0.39 is 23.9 Å². The van der Waals surface area contributed by atoms with Gasteiger partial charge in [0.15, 0.2) is 6.29 Å². The lowest BCUT2D eigenvalue weighted by Crippen LogP contribution is -2.55. The lowest BCUT2D eigenvalue weighted by atomic mass is 9.48. The quantitative estimate of drug-likeness (QED) is 0.294. The van der Waals surface area contributed by atoms with E-state index in [1.165, 1.54) is 19.3 Å². The summed E-state index contributed by atoms with van der Waals surface area (Å²) in [5, 5.41) is 33.9. The first-order valence-corrected chi connectivity index (χ1v) is 20.2. The molecule has 8 heteroatoms. The molecular formula is C41H69NO7. The molecule has 0 radical (unpaired) electrons. The van der Waals surface area contributed by atoms with Gasteiger partial charge in [-0.15, -0.1) is 0 Å². The van der Waals surface area contributed by atoms with Crippen LogP contribution in [0.25, 0.3) is 0 Å². The molecule has 13 atom stereocenters. The van der Waals surface area contributed by atoms with Gasteiger partial charge in [0.05, 0.1) is 43.2 Å². The molecule has 5 aliphatic carbocycles. The molecule has 3 N–H and O–H groups in total. The predicted octanol–water partition coefficient (Wildman–Crippen LogP) is 6.47. The number of morpholine rings is 1. The third-order valence-electron chi connectivity index (χ3n) is 16.7. The zero-order chi connectivity index (χ0) is 35.4. The van der Waals surface area contributed by atoms with E-state index in [0.717, 1.165) is 57.8 Å². The van der Waals surface area contributed by atoms with E-state index in [2.05, 4.69) is 41.5 Å². The Hall–Kier alpha value is -0.770. The van der Waals surface area contributed by atoms with Crippen molar-refractivity contribution in [1.29, 1.82) is 0 Å². The molecule has 5 saturated carbocycles. The molecule has 7 aliphatic rings. The highest BCUT2D eigenvalue weighted by atomic mass is 16.7. The summed E-state index contributed by atoms with van der Waals surface area (Å²) in [7, 11) is 0. The van der Waals surface area contributed by atoms with Crippen LogP contribution in [0.4, 0.5) is 0 Å². The number of aliphatic hydroxyl groups is 3. The molecule has 0 aromatic rings. The molecule has 2 saturated heterocycles. The molecule has 8 nitrogen and oxygen atoms in total. The number of carbonyl (C=O) groups is 1. The van der Waals surface area contributed by atoms with Crippen LogP contribution in [0.5, 0.6) is 0 Å². The lowest BCUT2D eigenvalue weighted by Gasteiger charge is -2.57. The standard InChI is InChI=1S/C41H69NO7/c1-9-28-36(3,4)29(49-30-22-42(19-20-47-30)35(45)26-13-11-10-12-14-26)15-16-41(28)24-40(41)18-17-38(7)31-25(2)21-27(33(43)37(5,6)46)48-32(31)34(44)39(38,8)23-40/h25-34,43-44,46H,9-24H2,1-8H3. The van der Waals surface area contributed by atoms with Gasteiger partial charge >= 0.3 is 0 Å². The summed E-state index contributed by atoms with van der Waals surface area (Å²) in [6.07, 6.45) is 11.4. The largest absolute Gasteiger partial charge is 0.390 e.